The minimum absolute atomic E-state index is 0.0496. The molecule has 0 unspecified atom stereocenters. The number of hydrogen-bond donors (Lipinski definition) is 1. The number of benzene rings is 1. The van der Waals surface area contributed by atoms with E-state index in [2.05, 4.69) is 4.90 Å². The Kier molecular flexibility index (Phi) is 5.41. The number of hydrogen-bond acceptors (Lipinski definition) is 4. The average molecular weight is 333 g/mol. The summed E-state index contributed by atoms with van der Waals surface area (Å²) in [5.41, 5.74) is 1.09. The van der Waals surface area contributed by atoms with Gasteiger partial charge in [-0.3, -0.25) is 9.69 Å². The number of methoxy groups -OCH3 is 2. The summed E-state index contributed by atoms with van der Waals surface area (Å²) in [5.74, 6) is -0.172. The molecular weight excluding hydrogens is 306 g/mol. The first-order valence-corrected chi connectivity index (χ1v) is 8.76. The van der Waals surface area contributed by atoms with Crippen LogP contribution >= 0.6 is 0 Å². The molecule has 5 heteroatoms. The third-order valence-electron chi connectivity index (χ3n) is 5.70. The minimum Gasteiger partial charge on any atom is -0.497 e. The molecule has 132 valence electrons. The Morgan fingerprint density at radius 2 is 1.75 bits per heavy atom. The summed E-state index contributed by atoms with van der Waals surface area (Å²) in [6, 6.07) is 8.33. The molecule has 1 N–H and O–H groups in total. The molecule has 1 aromatic carbocycles. The quantitative estimate of drug-likeness (QED) is 0.898. The maximum Gasteiger partial charge on any atom is 0.308 e. The van der Waals surface area contributed by atoms with Crippen molar-refractivity contribution in [1.82, 2.24) is 4.90 Å². The number of carbonyl (C=O) groups is 1. The van der Waals surface area contributed by atoms with Gasteiger partial charge in [0, 0.05) is 32.2 Å². The zero-order valence-electron chi connectivity index (χ0n) is 14.5. The molecule has 1 aliphatic carbocycles. The summed E-state index contributed by atoms with van der Waals surface area (Å²) in [5, 5.41) is 9.67. The fourth-order valence-electron chi connectivity index (χ4n) is 4.22. The van der Waals surface area contributed by atoms with Crippen molar-refractivity contribution in [3.8, 4) is 5.75 Å². The molecule has 2 aliphatic rings. The van der Waals surface area contributed by atoms with Crippen LogP contribution in [-0.4, -0.2) is 55.4 Å². The van der Waals surface area contributed by atoms with Gasteiger partial charge in [-0.2, -0.15) is 0 Å². The molecule has 3 rings (SSSR count). The summed E-state index contributed by atoms with van der Waals surface area (Å²) in [7, 11) is 3.42. The number of rotatable bonds is 5. The predicted molar refractivity (Wildman–Crippen MR) is 91.5 cm³/mol. The van der Waals surface area contributed by atoms with Crippen LogP contribution in [0.5, 0.6) is 5.75 Å². The van der Waals surface area contributed by atoms with Gasteiger partial charge in [-0.15, -0.1) is 0 Å². The lowest BCUT2D eigenvalue weighted by atomic mass is 9.89. The molecular formula is C19H27NO4. The van der Waals surface area contributed by atoms with Crippen molar-refractivity contribution in [2.45, 2.75) is 43.7 Å². The Morgan fingerprint density at radius 3 is 2.29 bits per heavy atom. The fourth-order valence-corrected chi connectivity index (χ4v) is 4.22. The third-order valence-corrected chi connectivity index (χ3v) is 5.70. The summed E-state index contributed by atoms with van der Waals surface area (Å²) in [4.78, 5) is 14.2. The van der Waals surface area contributed by atoms with Gasteiger partial charge in [-0.05, 0) is 43.4 Å². The van der Waals surface area contributed by atoms with Gasteiger partial charge >= 0.3 is 5.97 Å². The monoisotopic (exact) mass is 333 g/mol. The molecule has 1 aromatic rings. The van der Waals surface area contributed by atoms with Crippen LogP contribution in [0, 0.1) is 5.92 Å². The van der Waals surface area contributed by atoms with Crippen LogP contribution in [0.1, 0.15) is 37.2 Å². The maximum absolute atomic E-state index is 11.8. The lowest BCUT2D eigenvalue weighted by molar-refractivity contribution is -0.141. The van der Waals surface area contributed by atoms with Crippen molar-refractivity contribution in [1.29, 1.82) is 0 Å². The molecule has 1 heterocycles. The lowest BCUT2D eigenvalue weighted by Crippen LogP contribution is -2.38. The third kappa shape index (κ3) is 3.57. The van der Waals surface area contributed by atoms with Gasteiger partial charge in [0.25, 0.3) is 0 Å². The minimum atomic E-state index is -0.691. The van der Waals surface area contributed by atoms with E-state index in [1.54, 1.807) is 14.2 Å². The molecule has 0 aromatic heterocycles. The Balaban J connectivity index is 1.71. The molecule has 0 spiro atoms. The van der Waals surface area contributed by atoms with Crippen LogP contribution in [0.4, 0.5) is 0 Å². The fraction of sp³-hybridized carbons (Fsp3) is 0.632. The smallest absolute Gasteiger partial charge is 0.308 e. The van der Waals surface area contributed by atoms with Gasteiger partial charge < -0.3 is 14.6 Å². The second-order valence-electron chi connectivity index (χ2n) is 6.94. The van der Waals surface area contributed by atoms with Gasteiger partial charge in [-0.1, -0.05) is 12.1 Å². The van der Waals surface area contributed by atoms with Crippen LogP contribution < -0.4 is 4.74 Å². The first-order chi connectivity index (χ1) is 11.6. The normalized spacial score (nSPS) is 31.1. The molecule has 1 saturated carbocycles. The first-order valence-electron chi connectivity index (χ1n) is 8.76. The van der Waals surface area contributed by atoms with E-state index in [9.17, 15) is 9.90 Å². The van der Waals surface area contributed by atoms with Gasteiger partial charge in [0.1, 0.15) is 5.75 Å². The highest BCUT2D eigenvalue weighted by atomic mass is 16.5. The number of nitrogens with zero attached hydrogens (tertiary/aromatic N) is 1. The van der Waals surface area contributed by atoms with E-state index in [0.29, 0.717) is 18.7 Å². The molecule has 24 heavy (non-hydrogen) atoms. The summed E-state index contributed by atoms with van der Waals surface area (Å²) in [6.45, 7) is 1.47. The first kappa shape index (κ1) is 17.2. The summed E-state index contributed by atoms with van der Waals surface area (Å²) in [6.07, 6.45) is 4.71. The molecule has 0 bridgehead atoms. The standard InChI is InChI=1S/C19H27NO4/c1-23-15-7-3-13(4-8-15)17-11-20(12-18(17)19(21)22)14-5-9-16(24-2)10-6-14/h3-4,7-8,14,16-18H,5-6,9-12H2,1-2H3,(H,21,22)/t14-,16-,17-,18+/m0/s1. The second-order valence-corrected chi connectivity index (χ2v) is 6.94. The molecule has 1 aliphatic heterocycles. The highest BCUT2D eigenvalue weighted by Crippen LogP contribution is 2.37. The van der Waals surface area contributed by atoms with Crippen LogP contribution in [0.3, 0.4) is 0 Å². The van der Waals surface area contributed by atoms with Gasteiger partial charge in [0.15, 0.2) is 0 Å². The molecule has 0 amide bonds. The van der Waals surface area contributed by atoms with Gasteiger partial charge in [-0.25, -0.2) is 0 Å². The van der Waals surface area contributed by atoms with Crippen molar-refractivity contribution in [3.63, 3.8) is 0 Å². The largest absolute Gasteiger partial charge is 0.497 e. The van der Waals surface area contributed by atoms with E-state index in [1.165, 1.54) is 0 Å². The van der Waals surface area contributed by atoms with Crippen LogP contribution in [0.25, 0.3) is 0 Å². The highest BCUT2D eigenvalue weighted by Gasteiger charge is 2.41. The van der Waals surface area contributed by atoms with Crippen molar-refractivity contribution in [2.75, 3.05) is 27.3 Å². The number of ether oxygens (including phenoxy) is 2. The topological polar surface area (TPSA) is 59.0 Å². The van der Waals surface area contributed by atoms with Crippen LogP contribution in [-0.2, 0) is 9.53 Å². The van der Waals surface area contributed by atoms with Crippen LogP contribution in [0.15, 0.2) is 24.3 Å². The molecule has 2 atom stereocenters. The van der Waals surface area contributed by atoms with Gasteiger partial charge in [0.05, 0.1) is 19.1 Å². The van der Waals surface area contributed by atoms with E-state index in [1.807, 2.05) is 24.3 Å². The number of carboxylic acid groups (broad SMARTS) is 1. The molecule has 2 fully saturated rings. The van der Waals surface area contributed by atoms with E-state index in [-0.39, 0.29) is 11.8 Å². The maximum atomic E-state index is 11.8. The zero-order valence-corrected chi connectivity index (χ0v) is 14.5. The molecule has 5 nitrogen and oxygen atoms in total. The van der Waals surface area contributed by atoms with Crippen molar-refractivity contribution < 1.29 is 19.4 Å². The highest BCUT2D eigenvalue weighted by molar-refractivity contribution is 5.72. The van der Waals surface area contributed by atoms with Crippen LogP contribution in [0.2, 0.25) is 0 Å². The van der Waals surface area contributed by atoms with Crippen molar-refractivity contribution in [3.05, 3.63) is 29.8 Å². The summed E-state index contributed by atoms with van der Waals surface area (Å²) < 4.78 is 10.7. The van der Waals surface area contributed by atoms with Crippen molar-refractivity contribution >= 4 is 5.97 Å². The van der Waals surface area contributed by atoms with Gasteiger partial charge in [0.2, 0.25) is 0 Å². The lowest BCUT2D eigenvalue weighted by Gasteiger charge is -2.34. The summed E-state index contributed by atoms with van der Waals surface area (Å²) >= 11 is 0. The number of carboxylic acids is 1. The molecule has 1 saturated heterocycles. The predicted octanol–water partition coefficient (Wildman–Crippen LogP) is 2.75. The second kappa shape index (κ2) is 7.53. The van der Waals surface area contributed by atoms with E-state index in [0.717, 1.165) is 43.5 Å². The molecule has 0 radical (unpaired) electrons. The SMILES string of the molecule is COc1ccc([C@@H]2CN([C@H]3CC[C@H](OC)CC3)C[C@H]2C(=O)O)cc1. The Morgan fingerprint density at radius 1 is 1.08 bits per heavy atom. The van der Waals surface area contributed by atoms with Crippen molar-refractivity contribution in [2.24, 2.45) is 5.92 Å². The number of aliphatic carboxylic acids is 1. The number of likely N-dealkylation sites (tertiary alicyclic amines) is 1. The Labute approximate surface area is 143 Å². The Bertz CT molecular complexity index is 551. The van der Waals surface area contributed by atoms with E-state index < -0.39 is 5.97 Å². The van der Waals surface area contributed by atoms with E-state index in [4.69, 9.17) is 9.47 Å². The Hall–Kier alpha value is -1.59. The average Bonchev–Trinajstić information content (AvgIpc) is 3.07. The zero-order chi connectivity index (χ0) is 17.1. The van der Waals surface area contributed by atoms with E-state index >= 15 is 0 Å².